The van der Waals surface area contributed by atoms with Gasteiger partial charge in [-0.2, -0.15) is 4.98 Å². The van der Waals surface area contributed by atoms with Crippen molar-refractivity contribution in [3.05, 3.63) is 36.0 Å². The average Bonchev–Trinajstić information content (AvgIpc) is 3.54. The molecule has 1 atom stereocenters. The summed E-state index contributed by atoms with van der Waals surface area (Å²) >= 11 is 0. The highest BCUT2D eigenvalue weighted by Crippen LogP contribution is 2.32. The summed E-state index contributed by atoms with van der Waals surface area (Å²) in [4.78, 5) is 19.3. The first-order valence-corrected chi connectivity index (χ1v) is 11.4. The van der Waals surface area contributed by atoms with E-state index in [0.29, 0.717) is 55.2 Å². The standard InChI is InChI=1S/C23H32N4O4/c1-2-30-20-12-6-5-10-18(20)24-23(28)27-14-7-11-19(27)22-25-21(26-31-22)13-15-29-16-17-8-3-4-9-17/h5-6,10,12,17,19H,2-4,7-9,11,13-16H2,1H3,(H,24,28). The van der Waals surface area contributed by atoms with E-state index in [4.69, 9.17) is 14.0 Å². The Kier molecular flexibility index (Phi) is 7.40. The molecule has 0 bridgehead atoms. The molecule has 2 heterocycles. The van der Waals surface area contributed by atoms with Gasteiger partial charge < -0.3 is 24.2 Å². The summed E-state index contributed by atoms with van der Waals surface area (Å²) < 4.78 is 16.9. The highest BCUT2D eigenvalue weighted by Gasteiger charge is 2.34. The predicted octanol–water partition coefficient (Wildman–Crippen LogP) is 4.59. The molecular formula is C23H32N4O4. The van der Waals surface area contributed by atoms with Crippen LogP contribution in [-0.2, 0) is 11.2 Å². The Bertz CT molecular complexity index is 850. The summed E-state index contributed by atoms with van der Waals surface area (Å²) in [5.74, 6) is 2.50. The number of para-hydroxylation sites is 2. The molecule has 4 rings (SSSR count). The van der Waals surface area contributed by atoms with Crippen molar-refractivity contribution in [2.45, 2.75) is 57.9 Å². The molecule has 1 aromatic heterocycles. The van der Waals surface area contributed by atoms with Gasteiger partial charge in [0.05, 0.1) is 18.9 Å². The molecule has 168 valence electrons. The van der Waals surface area contributed by atoms with Crippen LogP contribution >= 0.6 is 0 Å². The van der Waals surface area contributed by atoms with Crippen LogP contribution in [-0.4, -0.2) is 47.4 Å². The summed E-state index contributed by atoms with van der Waals surface area (Å²) in [5, 5.41) is 7.07. The van der Waals surface area contributed by atoms with Gasteiger partial charge in [-0.25, -0.2) is 4.79 Å². The van der Waals surface area contributed by atoms with Crippen LogP contribution in [0, 0.1) is 5.92 Å². The third kappa shape index (κ3) is 5.55. The number of likely N-dealkylation sites (tertiary alicyclic amines) is 1. The Hall–Kier alpha value is -2.61. The van der Waals surface area contributed by atoms with E-state index < -0.39 is 0 Å². The number of hydrogen-bond acceptors (Lipinski definition) is 6. The smallest absolute Gasteiger partial charge is 0.322 e. The van der Waals surface area contributed by atoms with Crippen LogP contribution in [0.3, 0.4) is 0 Å². The summed E-state index contributed by atoms with van der Waals surface area (Å²) in [6.45, 7) is 4.52. The number of rotatable bonds is 9. The van der Waals surface area contributed by atoms with Gasteiger partial charge in [0.1, 0.15) is 11.8 Å². The molecule has 1 unspecified atom stereocenters. The van der Waals surface area contributed by atoms with Crippen LogP contribution in [0.25, 0.3) is 0 Å². The van der Waals surface area contributed by atoms with Crippen molar-refractivity contribution >= 4 is 11.7 Å². The van der Waals surface area contributed by atoms with Crippen molar-refractivity contribution in [3.63, 3.8) is 0 Å². The molecule has 2 aliphatic rings. The number of nitrogens with zero attached hydrogens (tertiary/aromatic N) is 3. The Morgan fingerprint density at radius 1 is 1.23 bits per heavy atom. The maximum atomic E-state index is 12.9. The zero-order valence-electron chi connectivity index (χ0n) is 18.2. The number of ether oxygens (including phenoxy) is 2. The zero-order valence-corrected chi connectivity index (χ0v) is 18.2. The number of benzene rings is 1. The van der Waals surface area contributed by atoms with Gasteiger partial charge in [0, 0.05) is 19.6 Å². The number of carbonyl (C=O) groups excluding carboxylic acids is 1. The number of hydrogen-bond donors (Lipinski definition) is 1. The van der Waals surface area contributed by atoms with Gasteiger partial charge in [0.2, 0.25) is 5.89 Å². The number of anilines is 1. The summed E-state index contributed by atoms with van der Waals surface area (Å²) in [6, 6.07) is 7.05. The summed E-state index contributed by atoms with van der Waals surface area (Å²) in [6.07, 6.45) is 7.53. The van der Waals surface area contributed by atoms with Crippen molar-refractivity contribution in [3.8, 4) is 5.75 Å². The Morgan fingerprint density at radius 3 is 2.90 bits per heavy atom. The molecule has 1 saturated heterocycles. The second-order valence-electron chi connectivity index (χ2n) is 8.23. The third-order valence-corrected chi connectivity index (χ3v) is 6.01. The van der Waals surface area contributed by atoms with Gasteiger partial charge in [0.15, 0.2) is 5.82 Å². The van der Waals surface area contributed by atoms with Crippen LogP contribution in [0.15, 0.2) is 28.8 Å². The minimum Gasteiger partial charge on any atom is -0.492 e. The quantitative estimate of drug-likeness (QED) is 0.588. The van der Waals surface area contributed by atoms with Crippen LogP contribution < -0.4 is 10.1 Å². The molecule has 1 aromatic carbocycles. The Labute approximate surface area is 183 Å². The first-order chi connectivity index (χ1) is 15.2. The minimum absolute atomic E-state index is 0.186. The minimum atomic E-state index is -0.208. The lowest BCUT2D eigenvalue weighted by Gasteiger charge is -2.23. The fourth-order valence-electron chi connectivity index (χ4n) is 4.40. The number of amides is 2. The zero-order chi connectivity index (χ0) is 21.5. The topological polar surface area (TPSA) is 89.7 Å². The summed E-state index contributed by atoms with van der Waals surface area (Å²) in [7, 11) is 0. The van der Waals surface area contributed by atoms with Crippen molar-refractivity contribution in [1.29, 1.82) is 0 Å². The number of carbonyl (C=O) groups is 1. The molecule has 8 heteroatoms. The van der Waals surface area contributed by atoms with Crippen LogP contribution in [0.4, 0.5) is 10.5 Å². The van der Waals surface area contributed by atoms with E-state index in [0.717, 1.165) is 19.4 Å². The van der Waals surface area contributed by atoms with E-state index in [1.165, 1.54) is 25.7 Å². The van der Waals surface area contributed by atoms with Gasteiger partial charge in [0.25, 0.3) is 0 Å². The lowest BCUT2D eigenvalue weighted by Crippen LogP contribution is -2.34. The lowest BCUT2D eigenvalue weighted by molar-refractivity contribution is 0.102. The van der Waals surface area contributed by atoms with E-state index in [1.54, 1.807) is 4.90 Å². The van der Waals surface area contributed by atoms with Gasteiger partial charge in [-0.3, -0.25) is 0 Å². The first kappa shape index (κ1) is 21.6. The van der Waals surface area contributed by atoms with E-state index >= 15 is 0 Å². The van der Waals surface area contributed by atoms with Crippen LogP contribution in [0.1, 0.15) is 63.2 Å². The van der Waals surface area contributed by atoms with Gasteiger partial charge in [-0.15, -0.1) is 0 Å². The molecule has 1 aliphatic heterocycles. The molecular weight excluding hydrogens is 396 g/mol. The Morgan fingerprint density at radius 2 is 2.06 bits per heavy atom. The van der Waals surface area contributed by atoms with Crippen molar-refractivity contribution in [2.75, 3.05) is 31.7 Å². The highest BCUT2D eigenvalue weighted by atomic mass is 16.5. The third-order valence-electron chi connectivity index (χ3n) is 6.01. The normalized spacial score (nSPS) is 19.1. The van der Waals surface area contributed by atoms with Gasteiger partial charge in [-0.05, 0) is 50.7 Å². The first-order valence-electron chi connectivity index (χ1n) is 11.4. The lowest BCUT2D eigenvalue weighted by atomic mass is 10.1. The van der Waals surface area contributed by atoms with Crippen molar-refractivity contribution < 1.29 is 18.8 Å². The predicted molar refractivity (Wildman–Crippen MR) is 116 cm³/mol. The molecule has 0 radical (unpaired) electrons. The van der Waals surface area contributed by atoms with E-state index in [1.807, 2.05) is 31.2 Å². The fourth-order valence-corrected chi connectivity index (χ4v) is 4.40. The molecule has 0 spiro atoms. The van der Waals surface area contributed by atoms with Gasteiger partial charge in [-0.1, -0.05) is 30.1 Å². The summed E-state index contributed by atoms with van der Waals surface area (Å²) in [5.41, 5.74) is 0.658. The van der Waals surface area contributed by atoms with Crippen LogP contribution in [0.5, 0.6) is 5.75 Å². The molecule has 1 N–H and O–H groups in total. The molecule has 1 aliphatic carbocycles. The van der Waals surface area contributed by atoms with Gasteiger partial charge >= 0.3 is 6.03 Å². The average molecular weight is 429 g/mol. The highest BCUT2D eigenvalue weighted by molar-refractivity contribution is 5.91. The monoisotopic (exact) mass is 428 g/mol. The SMILES string of the molecule is CCOc1ccccc1NC(=O)N1CCCC1c1nc(CCOCC2CCCC2)no1. The van der Waals surface area contributed by atoms with Crippen molar-refractivity contribution in [1.82, 2.24) is 15.0 Å². The second kappa shape index (κ2) is 10.6. The molecule has 2 aromatic rings. The van der Waals surface area contributed by atoms with Crippen LogP contribution in [0.2, 0.25) is 0 Å². The molecule has 31 heavy (non-hydrogen) atoms. The largest absolute Gasteiger partial charge is 0.492 e. The van der Waals surface area contributed by atoms with E-state index in [2.05, 4.69) is 15.5 Å². The van der Waals surface area contributed by atoms with Crippen molar-refractivity contribution in [2.24, 2.45) is 5.92 Å². The molecule has 2 fully saturated rings. The molecule has 2 amide bonds. The Balaban J connectivity index is 1.31. The number of urea groups is 1. The van der Waals surface area contributed by atoms with E-state index in [-0.39, 0.29) is 12.1 Å². The molecule has 1 saturated carbocycles. The fraction of sp³-hybridized carbons (Fsp3) is 0.609. The second-order valence-corrected chi connectivity index (χ2v) is 8.23. The molecule has 8 nitrogen and oxygen atoms in total. The number of nitrogens with one attached hydrogen (secondary N) is 1. The maximum absolute atomic E-state index is 12.9. The van der Waals surface area contributed by atoms with E-state index in [9.17, 15) is 4.79 Å². The number of aromatic nitrogens is 2. The maximum Gasteiger partial charge on any atom is 0.322 e.